The van der Waals surface area contributed by atoms with Gasteiger partial charge in [-0.2, -0.15) is 0 Å². The fourth-order valence-electron chi connectivity index (χ4n) is 10.0. The normalized spacial score (nSPS) is 13.2. The first-order valence-electron chi connectivity index (χ1n) is 19.1. The summed E-state index contributed by atoms with van der Waals surface area (Å²) in [6.45, 7) is 0. The Morgan fingerprint density at radius 3 is 1.71 bits per heavy atom. The highest BCUT2D eigenvalue weighted by Gasteiger charge is 2.52. The predicted molar refractivity (Wildman–Crippen MR) is 229 cm³/mol. The first-order chi connectivity index (χ1) is 27.3. The molecule has 0 N–H and O–H groups in total. The van der Waals surface area contributed by atoms with Crippen molar-refractivity contribution in [3.8, 4) is 27.9 Å². The summed E-state index contributed by atoms with van der Waals surface area (Å²) in [4.78, 5) is 2.50. The number of hydrogen-bond donors (Lipinski definition) is 0. The highest BCUT2D eigenvalue weighted by Crippen LogP contribution is 2.64. The van der Waals surface area contributed by atoms with Crippen LogP contribution in [0.15, 0.2) is 206 Å². The number of aromatic nitrogens is 1. The van der Waals surface area contributed by atoms with Crippen LogP contribution in [0.1, 0.15) is 22.3 Å². The quantitative estimate of drug-likeness (QED) is 0.178. The van der Waals surface area contributed by atoms with Gasteiger partial charge in [0.05, 0.1) is 22.1 Å². The van der Waals surface area contributed by atoms with E-state index < -0.39 is 5.41 Å². The van der Waals surface area contributed by atoms with Gasteiger partial charge in [-0.15, -0.1) is 0 Å². The number of fused-ring (bicyclic) bond motifs is 14. The van der Waals surface area contributed by atoms with Crippen molar-refractivity contribution in [1.29, 1.82) is 0 Å². The maximum atomic E-state index is 2.50. The van der Waals surface area contributed by atoms with Gasteiger partial charge < -0.3 is 9.47 Å². The molecule has 0 aliphatic heterocycles. The van der Waals surface area contributed by atoms with Gasteiger partial charge >= 0.3 is 0 Å². The van der Waals surface area contributed by atoms with Crippen molar-refractivity contribution in [3.63, 3.8) is 0 Å². The molecule has 0 radical (unpaired) electrons. The molecule has 2 nitrogen and oxygen atoms in total. The third kappa shape index (κ3) is 4.08. The lowest BCUT2D eigenvalue weighted by atomic mass is 9.70. The Kier molecular flexibility index (Phi) is 6.29. The number of anilines is 3. The van der Waals surface area contributed by atoms with E-state index in [0.29, 0.717) is 0 Å². The molecule has 1 heterocycles. The van der Waals surface area contributed by atoms with Crippen molar-refractivity contribution in [2.24, 2.45) is 0 Å². The molecular weight excluding hydrogens is 665 g/mol. The van der Waals surface area contributed by atoms with Crippen LogP contribution >= 0.6 is 0 Å². The van der Waals surface area contributed by atoms with Crippen LogP contribution in [0.2, 0.25) is 0 Å². The molecule has 0 atom stereocenters. The monoisotopic (exact) mass is 698 g/mol. The first-order valence-corrected chi connectivity index (χ1v) is 19.1. The zero-order chi connectivity index (χ0) is 36.1. The molecule has 2 heteroatoms. The van der Waals surface area contributed by atoms with Crippen molar-refractivity contribution >= 4 is 49.6 Å². The molecule has 1 spiro atoms. The van der Waals surface area contributed by atoms with Crippen LogP contribution in [-0.4, -0.2) is 4.57 Å². The predicted octanol–water partition coefficient (Wildman–Crippen LogP) is 13.8. The van der Waals surface area contributed by atoms with E-state index in [2.05, 4.69) is 216 Å². The van der Waals surface area contributed by atoms with E-state index in [0.717, 1.165) is 17.1 Å². The molecule has 10 aromatic rings. The SMILES string of the molecule is c1ccc(-n2c3ccccc3c3ccc(N(c4ccc5ccccc5c4)c4cccc5c4-c4ccccc4C54c5ccccc5-c5ccccc54)cc32)cc1. The van der Waals surface area contributed by atoms with Crippen molar-refractivity contribution in [1.82, 2.24) is 4.57 Å². The maximum Gasteiger partial charge on any atom is 0.0726 e. The lowest BCUT2D eigenvalue weighted by molar-refractivity contribution is 0.794. The summed E-state index contributed by atoms with van der Waals surface area (Å²) in [5.74, 6) is 0. The average Bonchev–Trinajstić information content (AvgIpc) is 3.86. The Hall–Kier alpha value is -7.16. The second-order valence-electron chi connectivity index (χ2n) is 14.8. The molecule has 256 valence electrons. The fraction of sp³-hybridized carbons (Fsp3) is 0.0189. The highest BCUT2D eigenvalue weighted by atomic mass is 15.1. The Bertz CT molecular complexity index is 3120. The van der Waals surface area contributed by atoms with E-state index >= 15 is 0 Å². The molecule has 9 aromatic carbocycles. The minimum Gasteiger partial charge on any atom is -0.310 e. The zero-order valence-corrected chi connectivity index (χ0v) is 30.0. The van der Waals surface area contributed by atoms with E-state index in [1.54, 1.807) is 0 Å². The summed E-state index contributed by atoms with van der Waals surface area (Å²) in [7, 11) is 0. The van der Waals surface area contributed by atoms with Crippen LogP contribution in [0.3, 0.4) is 0 Å². The van der Waals surface area contributed by atoms with Crippen molar-refractivity contribution in [3.05, 3.63) is 229 Å². The largest absolute Gasteiger partial charge is 0.310 e. The number of rotatable bonds is 4. The molecule has 0 fully saturated rings. The van der Waals surface area contributed by atoms with Gasteiger partial charge in [-0.3, -0.25) is 0 Å². The average molecular weight is 699 g/mol. The summed E-state index contributed by atoms with van der Waals surface area (Å²) in [6, 6.07) is 76.3. The Morgan fingerprint density at radius 2 is 0.927 bits per heavy atom. The highest BCUT2D eigenvalue weighted by molar-refractivity contribution is 6.11. The van der Waals surface area contributed by atoms with E-state index in [1.165, 1.54) is 82.8 Å². The third-order valence-corrected chi connectivity index (χ3v) is 12.2. The van der Waals surface area contributed by atoms with Crippen LogP contribution in [0.25, 0.3) is 60.5 Å². The van der Waals surface area contributed by atoms with Gasteiger partial charge in [0.2, 0.25) is 0 Å². The van der Waals surface area contributed by atoms with Crippen LogP contribution in [-0.2, 0) is 5.41 Å². The Labute approximate surface area is 319 Å². The summed E-state index contributed by atoms with van der Waals surface area (Å²) in [5.41, 5.74) is 17.1. The van der Waals surface area contributed by atoms with Gasteiger partial charge in [0, 0.05) is 33.4 Å². The van der Waals surface area contributed by atoms with Crippen LogP contribution in [0.4, 0.5) is 17.1 Å². The summed E-state index contributed by atoms with van der Waals surface area (Å²) >= 11 is 0. The zero-order valence-electron chi connectivity index (χ0n) is 30.0. The Morgan fingerprint density at radius 1 is 0.364 bits per heavy atom. The van der Waals surface area contributed by atoms with Crippen molar-refractivity contribution < 1.29 is 0 Å². The van der Waals surface area contributed by atoms with Gasteiger partial charge in [0.15, 0.2) is 0 Å². The number of benzene rings is 9. The minimum absolute atomic E-state index is 0.423. The van der Waals surface area contributed by atoms with E-state index in [1.807, 2.05) is 0 Å². The molecule has 0 unspecified atom stereocenters. The maximum absolute atomic E-state index is 2.50. The number of para-hydroxylation sites is 2. The summed E-state index contributed by atoms with van der Waals surface area (Å²) < 4.78 is 2.42. The molecule has 55 heavy (non-hydrogen) atoms. The first kappa shape index (κ1) is 30.3. The molecule has 0 saturated carbocycles. The molecular formula is C53H34N2. The van der Waals surface area contributed by atoms with Crippen LogP contribution < -0.4 is 4.90 Å². The van der Waals surface area contributed by atoms with Gasteiger partial charge in [0.25, 0.3) is 0 Å². The van der Waals surface area contributed by atoms with Crippen LogP contribution in [0.5, 0.6) is 0 Å². The lowest BCUT2D eigenvalue weighted by Crippen LogP contribution is -2.26. The van der Waals surface area contributed by atoms with Gasteiger partial charge in [-0.25, -0.2) is 0 Å². The van der Waals surface area contributed by atoms with Gasteiger partial charge in [0.1, 0.15) is 0 Å². The molecule has 2 aliphatic carbocycles. The second-order valence-corrected chi connectivity index (χ2v) is 14.8. The minimum atomic E-state index is -0.423. The van der Waals surface area contributed by atoms with Crippen molar-refractivity contribution in [2.75, 3.05) is 4.90 Å². The van der Waals surface area contributed by atoms with E-state index in [9.17, 15) is 0 Å². The van der Waals surface area contributed by atoms with Gasteiger partial charge in [-0.05, 0) is 98.2 Å². The van der Waals surface area contributed by atoms with E-state index in [4.69, 9.17) is 0 Å². The molecule has 12 rings (SSSR count). The number of hydrogen-bond acceptors (Lipinski definition) is 1. The molecule has 0 bridgehead atoms. The Balaban J connectivity index is 1.18. The van der Waals surface area contributed by atoms with E-state index in [-0.39, 0.29) is 0 Å². The van der Waals surface area contributed by atoms with Crippen LogP contribution in [0, 0.1) is 0 Å². The lowest BCUT2D eigenvalue weighted by Gasteiger charge is -2.32. The van der Waals surface area contributed by atoms with Crippen molar-refractivity contribution in [2.45, 2.75) is 5.41 Å². The fourth-order valence-corrected chi connectivity index (χ4v) is 10.0. The second kappa shape index (κ2) is 11.4. The smallest absolute Gasteiger partial charge is 0.0726 e. The standard InChI is InChI=1S/C53H34N2/c1-2-17-37(18-3-1)55-49-27-13-9-21-42(49)43-32-31-39(34-51(43)55)54(38-30-29-35-15-4-5-16-36(35)33-38)50-28-14-26-48-52(50)44-22-8-12-25-47(44)53(48)45-23-10-6-19-40(45)41-20-7-11-24-46(41)53/h1-34H. The molecule has 1 aromatic heterocycles. The summed E-state index contributed by atoms with van der Waals surface area (Å²) in [6.07, 6.45) is 0. The molecule has 0 saturated heterocycles. The van der Waals surface area contributed by atoms with Gasteiger partial charge in [-0.1, -0.05) is 158 Å². The molecule has 0 amide bonds. The summed E-state index contributed by atoms with van der Waals surface area (Å²) in [5, 5.41) is 4.93. The molecule has 2 aliphatic rings. The number of nitrogens with zero attached hydrogens (tertiary/aromatic N) is 2. The third-order valence-electron chi connectivity index (χ3n) is 12.2. The topological polar surface area (TPSA) is 8.17 Å².